The summed E-state index contributed by atoms with van der Waals surface area (Å²) < 4.78 is 10.1. The third kappa shape index (κ3) is 3.53. The number of hydrogen-bond acceptors (Lipinski definition) is 4. The van der Waals surface area contributed by atoms with Crippen molar-refractivity contribution in [2.45, 2.75) is 18.6 Å². The zero-order valence-electron chi connectivity index (χ0n) is 8.64. The van der Waals surface area contributed by atoms with Crippen LogP contribution in [0.3, 0.4) is 0 Å². The molecule has 0 aliphatic carbocycles. The van der Waals surface area contributed by atoms with Gasteiger partial charge in [-0.1, -0.05) is 0 Å². The van der Waals surface area contributed by atoms with Gasteiger partial charge >= 0.3 is 5.97 Å². The van der Waals surface area contributed by atoms with Crippen LogP contribution in [0, 0.1) is 12.3 Å². The summed E-state index contributed by atoms with van der Waals surface area (Å²) in [4.78, 5) is 22.3. The molecule has 88 valence electrons. The van der Waals surface area contributed by atoms with E-state index in [0.717, 1.165) is 0 Å². The molecule has 0 radical (unpaired) electrons. The fourth-order valence-electron chi connectivity index (χ4n) is 1.22. The van der Waals surface area contributed by atoms with Crippen LogP contribution in [0.25, 0.3) is 0 Å². The van der Waals surface area contributed by atoms with Crippen LogP contribution >= 0.6 is 0 Å². The molecule has 16 heavy (non-hydrogen) atoms. The Hall–Kier alpha value is -1.58. The van der Waals surface area contributed by atoms with E-state index in [2.05, 4.69) is 11.2 Å². The molecule has 0 aromatic rings. The van der Waals surface area contributed by atoms with Gasteiger partial charge in [-0.15, -0.1) is 12.3 Å². The van der Waals surface area contributed by atoms with Gasteiger partial charge in [-0.05, 0) is 0 Å². The number of hydrogen-bond donors (Lipinski definition) is 2. The third-order valence-corrected chi connectivity index (χ3v) is 2.04. The van der Waals surface area contributed by atoms with E-state index in [0.29, 0.717) is 13.2 Å². The first kappa shape index (κ1) is 12.5. The number of carboxylic acid groups (broad SMARTS) is 1. The predicted octanol–water partition coefficient (Wildman–Crippen LogP) is -1.01. The Morgan fingerprint density at radius 2 is 2.31 bits per heavy atom. The maximum atomic E-state index is 11.5. The first-order chi connectivity index (χ1) is 7.65. The van der Waals surface area contributed by atoms with E-state index < -0.39 is 24.0 Å². The Morgan fingerprint density at radius 1 is 1.56 bits per heavy atom. The molecular weight excluding hydrogens is 214 g/mol. The molecule has 0 saturated carbocycles. The SMILES string of the molecule is C#CCC(NC(=O)C1COCCO1)C(=O)O. The van der Waals surface area contributed by atoms with Crippen LogP contribution in [-0.2, 0) is 19.1 Å². The fraction of sp³-hybridized carbons (Fsp3) is 0.600. The number of aliphatic carboxylic acids is 1. The molecule has 6 nitrogen and oxygen atoms in total. The summed E-state index contributed by atoms with van der Waals surface area (Å²) in [6.45, 7) is 0.898. The predicted molar refractivity (Wildman–Crippen MR) is 53.6 cm³/mol. The van der Waals surface area contributed by atoms with Crippen LogP contribution < -0.4 is 5.32 Å². The van der Waals surface area contributed by atoms with Gasteiger partial charge in [-0.3, -0.25) is 4.79 Å². The number of nitrogens with one attached hydrogen (secondary N) is 1. The largest absolute Gasteiger partial charge is 0.480 e. The van der Waals surface area contributed by atoms with Gasteiger partial charge in [0.15, 0.2) is 6.10 Å². The molecule has 0 aromatic carbocycles. The van der Waals surface area contributed by atoms with E-state index in [1.54, 1.807) is 0 Å². The second-order valence-corrected chi connectivity index (χ2v) is 3.24. The number of carbonyl (C=O) groups is 2. The Bertz CT molecular complexity index is 303. The molecule has 2 atom stereocenters. The second-order valence-electron chi connectivity index (χ2n) is 3.24. The van der Waals surface area contributed by atoms with Gasteiger partial charge in [-0.25, -0.2) is 4.79 Å². The summed E-state index contributed by atoms with van der Waals surface area (Å²) in [5.74, 6) is 0.514. The zero-order valence-corrected chi connectivity index (χ0v) is 8.64. The molecule has 0 spiro atoms. The van der Waals surface area contributed by atoms with Gasteiger partial charge in [0.2, 0.25) is 0 Å². The number of carboxylic acids is 1. The fourth-order valence-corrected chi connectivity index (χ4v) is 1.22. The molecular formula is C10H13NO5. The lowest BCUT2D eigenvalue weighted by Crippen LogP contribution is -2.49. The van der Waals surface area contributed by atoms with Crippen molar-refractivity contribution >= 4 is 11.9 Å². The molecule has 1 rings (SSSR count). The molecule has 2 N–H and O–H groups in total. The summed E-state index contributed by atoms with van der Waals surface area (Å²) in [6, 6.07) is -1.08. The van der Waals surface area contributed by atoms with Crippen molar-refractivity contribution in [3.8, 4) is 12.3 Å². The van der Waals surface area contributed by atoms with Crippen molar-refractivity contribution in [3.05, 3.63) is 0 Å². The van der Waals surface area contributed by atoms with Crippen molar-refractivity contribution in [3.63, 3.8) is 0 Å². The van der Waals surface area contributed by atoms with Crippen LogP contribution in [0.2, 0.25) is 0 Å². The minimum atomic E-state index is -1.16. The highest BCUT2D eigenvalue weighted by atomic mass is 16.6. The van der Waals surface area contributed by atoms with Gasteiger partial charge in [0.25, 0.3) is 5.91 Å². The molecule has 1 amide bonds. The number of carbonyl (C=O) groups excluding carboxylic acids is 1. The van der Waals surface area contributed by atoms with E-state index in [1.165, 1.54) is 0 Å². The third-order valence-electron chi connectivity index (χ3n) is 2.04. The topological polar surface area (TPSA) is 84.9 Å². The lowest BCUT2D eigenvalue weighted by molar-refractivity contribution is -0.152. The highest BCUT2D eigenvalue weighted by Gasteiger charge is 2.27. The van der Waals surface area contributed by atoms with Crippen molar-refractivity contribution in [2.24, 2.45) is 0 Å². The second kappa shape index (κ2) is 6.10. The minimum Gasteiger partial charge on any atom is -0.480 e. The quantitative estimate of drug-likeness (QED) is 0.601. The van der Waals surface area contributed by atoms with Crippen molar-refractivity contribution < 1.29 is 24.2 Å². The minimum absolute atomic E-state index is 0.0609. The highest BCUT2D eigenvalue weighted by molar-refractivity contribution is 5.86. The van der Waals surface area contributed by atoms with Crippen LogP contribution in [0.15, 0.2) is 0 Å². The molecule has 1 fully saturated rings. The Morgan fingerprint density at radius 3 is 2.81 bits per heavy atom. The van der Waals surface area contributed by atoms with Crippen LogP contribution in [0.4, 0.5) is 0 Å². The van der Waals surface area contributed by atoms with Crippen molar-refractivity contribution in [1.29, 1.82) is 0 Å². The molecule has 0 aromatic heterocycles. The van der Waals surface area contributed by atoms with Crippen molar-refractivity contribution in [2.75, 3.05) is 19.8 Å². The molecule has 1 heterocycles. The van der Waals surface area contributed by atoms with E-state index in [4.69, 9.17) is 21.0 Å². The molecule has 2 unspecified atom stereocenters. The summed E-state index contributed by atoms with van der Waals surface area (Å²) >= 11 is 0. The average Bonchev–Trinajstić information content (AvgIpc) is 2.29. The number of rotatable bonds is 4. The maximum absolute atomic E-state index is 11.5. The maximum Gasteiger partial charge on any atom is 0.327 e. The number of amides is 1. The highest BCUT2D eigenvalue weighted by Crippen LogP contribution is 2.02. The Kier molecular flexibility index (Phi) is 4.76. The summed E-state index contributed by atoms with van der Waals surface area (Å²) in [6.07, 6.45) is 4.18. The van der Waals surface area contributed by atoms with E-state index >= 15 is 0 Å². The van der Waals surface area contributed by atoms with Crippen LogP contribution in [0.1, 0.15) is 6.42 Å². The lowest BCUT2D eigenvalue weighted by Gasteiger charge is -2.23. The van der Waals surface area contributed by atoms with Gasteiger partial charge < -0.3 is 19.9 Å². The summed E-state index contributed by atoms with van der Waals surface area (Å²) in [5, 5.41) is 11.1. The van der Waals surface area contributed by atoms with Gasteiger partial charge in [-0.2, -0.15) is 0 Å². The lowest BCUT2D eigenvalue weighted by atomic mass is 10.2. The molecule has 1 aliphatic rings. The van der Waals surface area contributed by atoms with Crippen molar-refractivity contribution in [1.82, 2.24) is 5.32 Å². The van der Waals surface area contributed by atoms with Gasteiger partial charge in [0, 0.05) is 6.42 Å². The first-order valence-electron chi connectivity index (χ1n) is 4.81. The van der Waals surface area contributed by atoms with E-state index in [9.17, 15) is 9.59 Å². The van der Waals surface area contributed by atoms with E-state index in [1.807, 2.05) is 0 Å². The van der Waals surface area contributed by atoms with Gasteiger partial charge in [0.1, 0.15) is 6.04 Å². The Balaban J connectivity index is 2.47. The molecule has 6 heteroatoms. The summed E-state index contributed by atoms with van der Waals surface area (Å²) in [7, 11) is 0. The number of terminal acetylenes is 1. The Labute approximate surface area is 92.9 Å². The van der Waals surface area contributed by atoms with Crippen LogP contribution in [-0.4, -0.2) is 48.9 Å². The van der Waals surface area contributed by atoms with Gasteiger partial charge in [0.05, 0.1) is 19.8 Å². The molecule has 0 bridgehead atoms. The normalized spacial score (nSPS) is 21.8. The van der Waals surface area contributed by atoms with E-state index in [-0.39, 0.29) is 13.0 Å². The number of ether oxygens (including phenoxy) is 2. The van der Waals surface area contributed by atoms with Crippen LogP contribution in [0.5, 0.6) is 0 Å². The monoisotopic (exact) mass is 227 g/mol. The zero-order chi connectivity index (χ0) is 12.0. The smallest absolute Gasteiger partial charge is 0.327 e. The standard InChI is InChI=1S/C10H13NO5/c1-2-3-7(10(13)14)11-9(12)8-6-15-4-5-16-8/h1,7-8H,3-6H2,(H,11,12)(H,13,14). The molecule has 1 aliphatic heterocycles. The first-order valence-corrected chi connectivity index (χ1v) is 4.81. The average molecular weight is 227 g/mol. The summed E-state index contributed by atoms with van der Waals surface area (Å²) in [5.41, 5.74) is 0. The molecule has 1 saturated heterocycles.